The highest BCUT2D eigenvalue weighted by molar-refractivity contribution is 7.90. The summed E-state index contributed by atoms with van der Waals surface area (Å²) in [4.78, 5) is 0. The number of piperidine rings is 1. The van der Waals surface area contributed by atoms with Gasteiger partial charge in [0.05, 0.1) is 0 Å². The van der Waals surface area contributed by atoms with Crippen LogP contribution in [0.4, 0.5) is 13.2 Å². The lowest BCUT2D eigenvalue weighted by Crippen LogP contribution is -2.43. The third-order valence-corrected chi connectivity index (χ3v) is 3.38. The molecule has 1 fully saturated rings. The Labute approximate surface area is 76.0 Å². The molecule has 1 aliphatic rings. The smallest absolute Gasteiger partial charge is 0.203 e. The van der Waals surface area contributed by atoms with Crippen LogP contribution in [0.3, 0.4) is 0 Å². The monoisotopic (exact) mass is 218 g/mol. The van der Waals surface area contributed by atoms with Crippen LogP contribution in [0.5, 0.6) is 0 Å². The molecule has 13 heavy (non-hydrogen) atoms. The summed E-state index contributed by atoms with van der Waals surface area (Å²) < 4.78 is 65.5. The molecule has 0 spiro atoms. The predicted octanol–water partition coefficient (Wildman–Crippen LogP) is 1.32. The number of alkyl halides is 3. The van der Waals surface area contributed by atoms with E-state index in [9.17, 15) is 21.6 Å². The largest absolute Gasteiger partial charge is 0.511 e. The number of rotatable bonds is 1. The highest BCUT2D eigenvalue weighted by Gasteiger charge is 2.49. The van der Waals surface area contributed by atoms with Gasteiger partial charge in [-0.25, -0.2) is 8.42 Å². The molecule has 1 unspecified atom stereocenters. The van der Waals surface area contributed by atoms with E-state index < -0.39 is 21.9 Å². The summed E-state index contributed by atoms with van der Waals surface area (Å²) in [6.45, 7) is -0.501. The van der Waals surface area contributed by atoms with Crippen molar-refractivity contribution < 1.29 is 23.0 Å². The summed E-state index contributed by atoms with van der Waals surface area (Å²) in [5, 5.41) is 0. The van der Waals surface area contributed by atoms with Gasteiger partial charge in [0.15, 0.2) is 0 Å². The average molecular weight is 218 g/mol. The fourth-order valence-corrected chi connectivity index (χ4v) is 2.07. The summed E-state index contributed by atoms with van der Waals surface area (Å²) in [7, 11) is -5.22. The summed E-state index contributed by atoms with van der Waals surface area (Å²) in [6, 6.07) is 0. The van der Waals surface area contributed by atoms with Gasteiger partial charge in [-0.3, -0.25) is 0 Å². The predicted molar refractivity (Wildman–Crippen MR) is 40.4 cm³/mol. The molecule has 1 heterocycles. The van der Waals surface area contributed by atoms with Gasteiger partial charge in [-0.05, 0) is 12.8 Å². The van der Waals surface area contributed by atoms with Crippen LogP contribution in [0.2, 0.25) is 0 Å². The molecule has 0 aromatic rings. The summed E-state index contributed by atoms with van der Waals surface area (Å²) in [5.74, 6) is 0. The van der Waals surface area contributed by atoms with Gasteiger partial charge < -0.3 is 0 Å². The van der Waals surface area contributed by atoms with Crippen molar-refractivity contribution in [2.45, 2.75) is 24.7 Å². The lowest BCUT2D eigenvalue weighted by Gasteiger charge is -2.26. The Balaban J connectivity index is 2.83. The molecule has 1 atom stereocenters. The normalized spacial score (nSPS) is 28.5. The number of sulfonamides is 1. The Kier molecular flexibility index (Phi) is 2.46. The van der Waals surface area contributed by atoms with Crippen molar-refractivity contribution in [3.05, 3.63) is 0 Å². The standard InChI is InChI=1S/C6H10F3NO2S/c7-6(8,9)13(11,12)10-4-2-1-3-5-10/h1-5H2/i2D. The van der Waals surface area contributed by atoms with Crippen molar-refractivity contribution >= 4 is 10.0 Å². The minimum Gasteiger partial charge on any atom is -0.203 e. The molecule has 0 N–H and O–H groups in total. The van der Waals surface area contributed by atoms with Crippen LogP contribution in [-0.4, -0.2) is 31.3 Å². The van der Waals surface area contributed by atoms with Crippen LogP contribution in [0.15, 0.2) is 0 Å². The van der Waals surface area contributed by atoms with E-state index in [1.54, 1.807) is 0 Å². The number of nitrogens with zero attached hydrogens (tertiary/aromatic N) is 1. The Hall–Kier alpha value is -0.300. The summed E-state index contributed by atoms with van der Waals surface area (Å²) >= 11 is 0. The molecule has 1 saturated heterocycles. The van der Waals surface area contributed by atoms with E-state index in [1.807, 2.05) is 0 Å². The number of halogens is 3. The zero-order chi connectivity index (χ0) is 11.0. The molecule has 0 aromatic heterocycles. The van der Waals surface area contributed by atoms with Crippen LogP contribution in [-0.2, 0) is 10.0 Å². The maximum Gasteiger partial charge on any atom is 0.511 e. The molecule has 3 nitrogen and oxygen atoms in total. The Morgan fingerprint density at radius 2 is 1.85 bits per heavy atom. The SMILES string of the molecule is [2H]C1CCCN(S(=O)(=O)C(F)(F)F)C1. The fraction of sp³-hybridized carbons (Fsp3) is 1.00. The molecule has 1 rings (SSSR count). The minimum atomic E-state index is -5.25. The van der Waals surface area contributed by atoms with Crippen LogP contribution < -0.4 is 0 Å². The van der Waals surface area contributed by atoms with E-state index in [1.165, 1.54) is 0 Å². The maximum atomic E-state index is 12.1. The van der Waals surface area contributed by atoms with Gasteiger partial charge in [-0.2, -0.15) is 17.5 Å². The quantitative estimate of drug-likeness (QED) is 0.665. The van der Waals surface area contributed by atoms with Crippen molar-refractivity contribution in [2.24, 2.45) is 0 Å². The first-order valence-corrected chi connectivity index (χ1v) is 5.18. The molecule has 0 amide bonds. The van der Waals surface area contributed by atoms with E-state index in [-0.39, 0.29) is 13.1 Å². The third-order valence-electron chi connectivity index (χ3n) is 1.78. The van der Waals surface area contributed by atoms with Crippen molar-refractivity contribution in [3.63, 3.8) is 0 Å². The van der Waals surface area contributed by atoms with Crippen molar-refractivity contribution in [3.8, 4) is 0 Å². The summed E-state index contributed by atoms with van der Waals surface area (Å²) in [6.07, 6.45) is 0.00811. The number of hydrogen-bond donors (Lipinski definition) is 0. The molecule has 7 heteroatoms. The molecule has 0 aliphatic carbocycles. The minimum absolute atomic E-state index is 0.142. The van der Waals surface area contributed by atoms with Crippen molar-refractivity contribution in [2.75, 3.05) is 13.1 Å². The lowest BCUT2D eigenvalue weighted by atomic mass is 10.2. The highest BCUT2D eigenvalue weighted by Crippen LogP contribution is 2.28. The fourth-order valence-electron chi connectivity index (χ4n) is 1.10. The molecule has 0 saturated carbocycles. The van der Waals surface area contributed by atoms with Gasteiger partial charge in [-0.1, -0.05) is 6.42 Å². The average Bonchev–Trinajstić information content (AvgIpc) is 2.02. The van der Waals surface area contributed by atoms with E-state index in [2.05, 4.69) is 0 Å². The van der Waals surface area contributed by atoms with Crippen molar-refractivity contribution in [1.82, 2.24) is 4.31 Å². The molecule has 0 radical (unpaired) electrons. The van der Waals surface area contributed by atoms with Crippen molar-refractivity contribution in [1.29, 1.82) is 0 Å². The van der Waals surface area contributed by atoms with Crippen LogP contribution >= 0.6 is 0 Å². The first-order valence-electron chi connectivity index (χ1n) is 4.31. The van der Waals surface area contributed by atoms with Gasteiger partial charge >= 0.3 is 15.5 Å². The van der Waals surface area contributed by atoms with Crippen LogP contribution in [0.1, 0.15) is 20.6 Å². The first-order chi connectivity index (χ1) is 6.25. The molecule has 1 aliphatic heterocycles. The molecule has 0 bridgehead atoms. The highest BCUT2D eigenvalue weighted by atomic mass is 32.2. The topological polar surface area (TPSA) is 37.4 Å². The third kappa shape index (κ3) is 2.14. The Morgan fingerprint density at radius 3 is 2.31 bits per heavy atom. The Morgan fingerprint density at radius 1 is 1.23 bits per heavy atom. The zero-order valence-electron chi connectivity index (χ0n) is 7.71. The second kappa shape index (κ2) is 3.45. The zero-order valence-corrected chi connectivity index (χ0v) is 7.53. The van der Waals surface area contributed by atoms with Gasteiger partial charge in [0.1, 0.15) is 0 Å². The van der Waals surface area contributed by atoms with Crippen LogP contribution in [0.25, 0.3) is 0 Å². The van der Waals surface area contributed by atoms with Crippen LogP contribution in [0, 0.1) is 0 Å². The first kappa shape index (κ1) is 9.26. The van der Waals surface area contributed by atoms with E-state index in [4.69, 9.17) is 1.37 Å². The Bertz CT molecular complexity index is 303. The molecule has 78 valence electrons. The molecule has 0 aromatic carbocycles. The second-order valence-electron chi connectivity index (χ2n) is 2.74. The van der Waals surface area contributed by atoms with E-state index in [0.29, 0.717) is 17.1 Å². The summed E-state index contributed by atoms with van der Waals surface area (Å²) in [5.41, 5.74) is -5.25. The van der Waals surface area contributed by atoms with Gasteiger partial charge in [-0.15, -0.1) is 0 Å². The molecular formula is C6H10F3NO2S. The van der Waals surface area contributed by atoms with E-state index in [0.717, 1.165) is 0 Å². The lowest BCUT2D eigenvalue weighted by molar-refractivity contribution is -0.0493. The van der Waals surface area contributed by atoms with Gasteiger partial charge in [0, 0.05) is 14.5 Å². The maximum absolute atomic E-state index is 12.1. The van der Waals surface area contributed by atoms with Gasteiger partial charge in [0.2, 0.25) is 0 Å². The van der Waals surface area contributed by atoms with Gasteiger partial charge in [0.25, 0.3) is 0 Å². The molecular weight excluding hydrogens is 207 g/mol. The van der Waals surface area contributed by atoms with E-state index >= 15 is 0 Å². The second-order valence-corrected chi connectivity index (χ2v) is 4.67. The number of hydrogen-bond acceptors (Lipinski definition) is 2.